The largest absolute Gasteiger partial charge is 0.321 e. The SMILES string of the molecule is O=C(Nc1ccc(F)c(Cl)c1)C1=NN([C@@H]2CCS(=O)(=O)C2)C(=O)CC1. The van der Waals surface area contributed by atoms with E-state index in [1.54, 1.807) is 0 Å². The first-order chi connectivity index (χ1) is 11.7. The van der Waals surface area contributed by atoms with Gasteiger partial charge >= 0.3 is 0 Å². The van der Waals surface area contributed by atoms with Crippen molar-refractivity contribution in [2.24, 2.45) is 5.10 Å². The molecule has 1 atom stereocenters. The molecule has 0 spiro atoms. The molecule has 7 nitrogen and oxygen atoms in total. The zero-order chi connectivity index (χ0) is 18.2. The first kappa shape index (κ1) is 17.8. The molecule has 2 amide bonds. The molecule has 2 aliphatic heterocycles. The van der Waals surface area contributed by atoms with Gasteiger partial charge in [0.1, 0.15) is 11.5 Å². The number of halogens is 2. The van der Waals surface area contributed by atoms with Gasteiger partial charge in [0.2, 0.25) is 5.91 Å². The molecule has 25 heavy (non-hydrogen) atoms. The number of carbonyl (C=O) groups is 2. The van der Waals surface area contributed by atoms with Crippen molar-refractivity contribution in [3.8, 4) is 0 Å². The van der Waals surface area contributed by atoms with Gasteiger partial charge in [0.05, 0.1) is 22.6 Å². The summed E-state index contributed by atoms with van der Waals surface area (Å²) in [5.74, 6) is -1.59. The Labute approximate surface area is 148 Å². The molecule has 0 aromatic heterocycles. The van der Waals surface area contributed by atoms with Gasteiger partial charge in [-0.3, -0.25) is 9.59 Å². The van der Waals surface area contributed by atoms with Crippen LogP contribution in [0.1, 0.15) is 19.3 Å². The first-order valence-electron chi connectivity index (χ1n) is 7.61. The van der Waals surface area contributed by atoms with Crippen LogP contribution in [0.25, 0.3) is 0 Å². The maximum atomic E-state index is 13.2. The second kappa shape index (κ2) is 6.72. The molecule has 2 aliphatic rings. The quantitative estimate of drug-likeness (QED) is 0.851. The van der Waals surface area contributed by atoms with Gasteiger partial charge in [-0.15, -0.1) is 0 Å². The van der Waals surface area contributed by atoms with Crippen LogP contribution in [0.4, 0.5) is 10.1 Å². The number of sulfone groups is 1. The van der Waals surface area contributed by atoms with E-state index in [0.29, 0.717) is 12.1 Å². The van der Waals surface area contributed by atoms with Gasteiger partial charge in [-0.2, -0.15) is 5.10 Å². The highest BCUT2D eigenvalue weighted by Gasteiger charge is 2.37. The van der Waals surface area contributed by atoms with Crippen LogP contribution in [0.3, 0.4) is 0 Å². The molecule has 0 unspecified atom stereocenters. The molecule has 0 bridgehead atoms. The molecular formula is C15H15ClFN3O4S. The summed E-state index contributed by atoms with van der Waals surface area (Å²) in [5, 5.41) is 7.59. The Kier molecular flexibility index (Phi) is 4.79. The highest BCUT2D eigenvalue weighted by Crippen LogP contribution is 2.23. The minimum absolute atomic E-state index is 0.00652. The topological polar surface area (TPSA) is 95.9 Å². The van der Waals surface area contributed by atoms with E-state index in [1.165, 1.54) is 12.1 Å². The molecule has 3 rings (SSSR count). The average molecular weight is 388 g/mol. The number of nitrogens with zero attached hydrogens (tertiary/aromatic N) is 2. The molecule has 1 fully saturated rings. The van der Waals surface area contributed by atoms with Crippen LogP contribution in [0.5, 0.6) is 0 Å². The summed E-state index contributed by atoms with van der Waals surface area (Å²) in [7, 11) is -3.18. The van der Waals surface area contributed by atoms with E-state index >= 15 is 0 Å². The lowest BCUT2D eigenvalue weighted by Gasteiger charge is -2.27. The van der Waals surface area contributed by atoms with Crippen molar-refractivity contribution >= 4 is 44.7 Å². The van der Waals surface area contributed by atoms with Gasteiger partial charge in [-0.1, -0.05) is 11.6 Å². The summed E-state index contributed by atoms with van der Waals surface area (Å²) in [6.07, 6.45) is 0.530. The number of amides is 2. The Hall–Kier alpha value is -2.00. The van der Waals surface area contributed by atoms with E-state index in [-0.39, 0.29) is 41.0 Å². The highest BCUT2D eigenvalue weighted by molar-refractivity contribution is 7.91. The average Bonchev–Trinajstić information content (AvgIpc) is 2.91. The van der Waals surface area contributed by atoms with Crippen molar-refractivity contribution < 1.29 is 22.4 Å². The normalized spacial score (nSPS) is 22.6. The Balaban J connectivity index is 1.76. The van der Waals surface area contributed by atoms with E-state index < -0.39 is 27.6 Å². The van der Waals surface area contributed by atoms with Crippen molar-refractivity contribution in [1.82, 2.24) is 5.01 Å². The smallest absolute Gasteiger partial charge is 0.271 e. The van der Waals surface area contributed by atoms with Gasteiger partial charge in [0, 0.05) is 18.5 Å². The standard InChI is InChI=1S/C15H15ClFN3O4S/c16-11-7-9(1-2-12(11)17)18-15(22)13-3-4-14(21)20(19-13)10-5-6-25(23,24)8-10/h1-2,7,10H,3-6,8H2,(H,18,22)/t10-/m1/s1. The Morgan fingerprint density at radius 3 is 2.76 bits per heavy atom. The molecule has 0 saturated carbocycles. The van der Waals surface area contributed by atoms with E-state index in [0.717, 1.165) is 11.1 Å². The summed E-state index contributed by atoms with van der Waals surface area (Å²) in [6.45, 7) is 0. The number of rotatable bonds is 3. The molecule has 134 valence electrons. The number of anilines is 1. The molecule has 2 heterocycles. The van der Waals surface area contributed by atoms with Crippen LogP contribution in [-0.2, 0) is 19.4 Å². The molecule has 1 saturated heterocycles. The highest BCUT2D eigenvalue weighted by atomic mass is 35.5. The fraction of sp³-hybridized carbons (Fsp3) is 0.400. The molecule has 0 aliphatic carbocycles. The van der Waals surface area contributed by atoms with Crippen molar-refractivity contribution in [2.75, 3.05) is 16.8 Å². The predicted molar refractivity (Wildman–Crippen MR) is 90.6 cm³/mol. The minimum atomic E-state index is -3.18. The fourth-order valence-corrected chi connectivity index (χ4v) is 4.64. The van der Waals surface area contributed by atoms with Crippen LogP contribution in [0.2, 0.25) is 5.02 Å². The van der Waals surface area contributed by atoms with Crippen molar-refractivity contribution in [2.45, 2.75) is 25.3 Å². The van der Waals surface area contributed by atoms with Gasteiger partial charge < -0.3 is 5.32 Å². The Morgan fingerprint density at radius 2 is 2.12 bits per heavy atom. The number of nitrogens with one attached hydrogen (secondary N) is 1. The number of hydrazone groups is 1. The lowest BCUT2D eigenvalue weighted by Crippen LogP contribution is -2.42. The summed E-state index contributed by atoms with van der Waals surface area (Å²) in [4.78, 5) is 24.4. The zero-order valence-corrected chi connectivity index (χ0v) is 14.6. The van der Waals surface area contributed by atoms with Crippen LogP contribution in [-0.4, -0.2) is 48.5 Å². The lowest BCUT2D eigenvalue weighted by atomic mass is 10.1. The number of hydrogen-bond donors (Lipinski definition) is 1. The third-order valence-corrected chi connectivity index (χ3v) is 6.09. The molecular weight excluding hydrogens is 373 g/mol. The van der Waals surface area contributed by atoms with Gasteiger partial charge in [0.15, 0.2) is 9.84 Å². The summed E-state index contributed by atoms with van der Waals surface area (Å²) in [5.41, 5.74) is 0.412. The maximum absolute atomic E-state index is 13.2. The number of hydrogen-bond acceptors (Lipinski definition) is 5. The van der Waals surface area contributed by atoms with Crippen LogP contribution in [0, 0.1) is 5.82 Å². The van der Waals surface area contributed by atoms with Crippen LogP contribution >= 0.6 is 11.6 Å². The minimum Gasteiger partial charge on any atom is -0.321 e. The van der Waals surface area contributed by atoms with E-state index in [1.807, 2.05) is 0 Å². The summed E-state index contributed by atoms with van der Waals surface area (Å²) < 4.78 is 36.4. The van der Waals surface area contributed by atoms with Crippen molar-refractivity contribution in [1.29, 1.82) is 0 Å². The monoisotopic (exact) mass is 387 g/mol. The third kappa shape index (κ3) is 3.98. The van der Waals surface area contributed by atoms with Crippen LogP contribution in [0.15, 0.2) is 23.3 Å². The summed E-state index contributed by atoms with van der Waals surface area (Å²) >= 11 is 5.67. The van der Waals surface area contributed by atoms with Crippen LogP contribution < -0.4 is 5.32 Å². The maximum Gasteiger partial charge on any atom is 0.271 e. The Morgan fingerprint density at radius 1 is 1.36 bits per heavy atom. The second-order valence-corrected chi connectivity index (χ2v) is 8.56. The molecule has 0 radical (unpaired) electrons. The van der Waals surface area contributed by atoms with E-state index in [9.17, 15) is 22.4 Å². The van der Waals surface area contributed by atoms with E-state index in [4.69, 9.17) is 11.6 Å². The van der Waals surface area contributed by atoms with Crippen molar-refractivity contribution in [3.05, 3.63) is 29.0 Å². The molecule has 10 heteroatoms. The lowest BCUT2D eigenvalue weighted by molar-refractivity contribution is -0.133. The number of carbonyl (C=O) groups excluding carboxylic acids is 2. The first-order valence-corrected chi connectivity index (χ1v) is 9.81. The van der Waals surface area contributed by atoms with Gasteiger partial charge in [-0.25, -0.2) is 17.8 Å². The molecule has 1 aromatic carbocycles. The predicted octanol–water partition coefficient (Wildman–Crippen LogP) is 1.58. The van der Waals surface area contributed by atoms with E-state index in [2.05, 4.69) is 10.4 Å². The molecule has 1 aromatic rings. The number of benzene rings is 1. The van der Waals surface area contributed by atoms with Gasteiger partial charge in [-0.05, 0) is 24.6 Å². The zero-order valence-electron chi connectivity index (χ0n) is 13.0. The van der Waals surface area contributed by atoms with Crippen molar-refractivity contribution in [3.63, 3.8) is 0 Å². The second-order valence-electron chi connectivity index (χ2n) is 5.92. The Bertz CT molecular complexity index is 872. The summed E-state index contributed by atoms with van der Waals surface area (Å²) in [6, 6.07) is 3.21. The van der Waals surface area contributed by atoms with Gasteiger partial charge in [0.25, 0.3) is 5.91 Å². The fourth-order valence-electron chi connectivity index (χ4n) is 2.77. The molecule has 1 N–H and O–H groups in total. The third-order valence-electron chi connectivity index (χ3n) is 4.05.